The normalized spacial score (nSPS) is 12.6. The first-order valence-electron chi connectivity index (χ1n) is 6.79. The number of carbonyl (C=O) groups is 2. The maximum absolute atomic E-state index is 12.4. The van der Waals surface area contributed by atoms with E-state index in [2.05, 4.69) is 4.72 Å². The number of carbonyl (C=O) groups excluding carboxylic acids is 2. The molecule has 23 heavy (non-hydrogen) atoms. The molecule has 6 nitrogen and oxygen atoms in total. The molecule has 0 fully saturated rings. The lowest BCUT2D eigenvalue weighted by atomic mass is 10.1. The van der Waals surface area contributed by atoms with E-state index in [1.54, 1.807) is 30.3 Å². The van der Waals surface area contributed by atoms with Gasteiger partial charge in [0.15, 0.2) is 5.78 Å². The van der Waals surface area contributed by atoms with Gasteiger partial charge < -0.3 is 5.73 Å². The predicted molar refractivity (Wildman–Crippen MR) is 85.1 cm³/mol. The van der Waals surface area contributed by atoms with E-state index in [0.29, 0.717) is 11.1 Å². The summed E-state index contributed by atoms with van der Waals surface area (Å²) in [5.41, 5.74) is 6.16. The van der Waals surface area contributed by atoms with E-state index in [-0.39, 0.29) is 10.7 Å². The van der Waals surface area contributed by atoms with E-state index in [1.165, 1.54) is 31.2 Å². The second-order valence-corrected chi connectivity index (χ2v) is 6.66. The summed E-state index contributed by atoms with van der Waals surface area (Å²) in [6.07, 6.45) is 0. The van der Waals surface area contributed by atoms with Crippen LogP contribution in [-0.4, -0.2) is 20.1 Å². The fourth-order valence-electron chi connectivity index (χ4n) is 2.03. The number of hydrogen-bond donors (Lipinski definition) is 2. The zero-order valence-corrected chi connectivity index (χ0v) is 13.2. The summed E-state index contributed by atoms with van der Waals surface area (Å²) in [6, 6.07) is 12.6. The Bertz CT molecular complexity index is 815. The highest BCUT2D eigenvalue weighted by Crippen LogP contribution is 2.17. The molecule has 1 atom stereocenters. The van der Waals surface area contributed by atoms with Gasteiger partial charge in [0.2, 0.25) is 15.9 Å². The van der Waals surface area contributed by atoms with Crippen LogP contribution in [0.1, 0.15) is 28.9 Å². The van der Waals surface area contributed by atoms with Crippen LogP contribution in [-0.2, 0) is 14.8 Å². The molecule has 7 heteroatoms. The molecule has 2 aromatic rings. The quantitative estimate of drug-likeness (QED) is 0.780. The molecule has 0 bridgehead atoms. The van der Waals surface area contributed by atoms with Crippen molar-refractivity contribution in [2.45, 2.75) is 17.9 Å². The van der Waals surface area contributed by atoms with Gasteiger partial charge in [0.05, 0.1) is 4.90 Å². The van der Waals surface area contributed by atoms with Crippen molar-refractivity contribution in [3.05, 3.63) is 65.7 Å². The standard InChI is InChI=1S/C16H16N2O4S/c1-11(19)12-7-9-14(10-8-12)23(21,22)18-15(16(17)20)13-5-3-2-4-6-13/h2-10,15,18H,1H3,(H2,17,20). The molecule has 0 radical (unpaired) electrons. The van der Waals surface area contributed by atoms with E-state index >= 15 is 0 Å². The lowest BCUT2D eigenvalue weighted by Crippen LogP contribution is -2.37. The van der Waals surface area contributed by atoms with Crippen LogP contribution < -0.4 is 10.5 Å². The summed E-state index contributed by atoms with van der Waals surface area (Å²) in [6.45, 7) is 1.39. The van der Waals surface area contributed by atoms with Crippen LogP contribution in [0.3, 0.4) is 0 Å². The molecule has 120 valence electrons. The van der Waals surface area contributed by atoms with Gasteiger partial charge in [-0.15, -0.1) is 0 Å². The number of nitrogens with two attached hydrogens (primary N) is 1. The average molecular weight is 332 g/mol. The summed E-state index contributed by atoms with van der Waals surface area (Å²) < 4.78 is 27.1. The number of primary amides is 1. The topological polar surface area (TPSA) is 106 Å². The smallest absolute Gasteiger partial charge is 0.241 e. The molecular weight excluding hydrogens is 316 g/mol. The third kappa shape index (κ3) is 4.02. The third-order valence-corrected chi connectivity index (χ3v) is 4.70. The first kappa shape index (κ1) is 16.9. The minimum atomic E-state index is -3.96. The van der Waals surface area contributed by atoms with Gasteiger partial charge in [0.1, 0.15) is 6.04 Å². The summed E-state index contributed by atoms with van der Waals surface area (Å²) in [4.78, 5) is 22.8. The van der Waals surface area contributed by atoms with Crippen LogP contribution in [0.5, 0.6) is 0 Å². The first-order chi connectivity index (χ1) is 10.8. The highest BCUT2D eigenvalue weighted by Gasteiger charge is 2.25. The van der Waals surface area contributed by atoms with Crippen LogP contribution in [0.15, 0.2) is 59.5 Å². The van der Waals surface area contributed by atoms with Gasteiger partial charge in [-0.05, 0) is 24.6 Å². The summed E-state index contributed by atoms with van der Waals surface area (Å²) in [5, 5.41) is 0. The maximum atomic E-state index is 12.4. The highest BCUT2D eigenvalue weighted by molar-refractivity contribution is 7.89. The maximum Gasteiger partial charge on any atom is 0.241 e. The Labute approximate surface area is 134 Å². The van der Waals surface area contributed by atoms with Crippen molar-refractivity contribution in [1.29, 1.82) is 0 Å². The Kier molecular flexibility index (Phi) is 4.92. The second-order valence-electron chi connectivity index (χ2n) is 4.95. The average Bonchev–Trinajstić information content (AvgIpc) is 2.53. The monoisotopic (exact) mass is 332 g/mol. The van der Waals surface area contributed by atoms with Crippen molar-refractivity contribution < 1.29 is 18.0 Å². The van der Waals surface area contributed by atoms with Crippen molar-refractivity contribution in [2.75, 3.05) is 0 Å². The Morgan fingerprint density at radius 3 is 2.04 bits per heavy atom. The molecule has 0 aliphatic rings. The largest absolute Gasteiger partial charge is 0.368 e. The molecule has 0 aliphatic heterocycles. The van der Waals surface area contributed by atoms with Crippen molar-refractivity contribution in [2.24, 2.45) is 5.73 Å². The molecule has 0 heterocycles. The Balaban J connectivity index is 2.31. The van der Waals surface area contributed by atoms with Gasteiger partial charge in [-0.25, -0.2) is 8.42 Å². The molecule has 1 unspecified atom stereocenters. The lowest BCUT2D eigenvalue weighted by Gasteiger charge is -2.16. The van der Waals surface area contributed by atoms with E-state index in [0.717, 1.165) is 0 Å². The summed E-state index contributed by atoms with van der Waals surface area (Å²) >= 11 is 0. The number of nitrogens with one attached hydrogen (secondary N) is 1. The number of benzene rings is 2. The van der Waals surface area contributed by atoms with Crippen molar-refractivity contribution in [1.82, 2.24) is 4.72 Å². The van der Waals surface area contributed by atoms with Gasteiger partial charge in [0, 0.05) is 5.56 Å². The molecule has 0 aromatic heterocycles. The SMILES string of the molecule is CC(=O)c1ccc(S(=O)(=O)NC(C(N)=O)c2ccccc2)cc1. The first-order valence-corrected chi connectivity index (χ1v) is 8.27. The van der Waals surface area contributed by atoms with Crippen molar-refractivity contribution in [3.8, 4) is 0 Å². The van der Waals surface area contributed by atoms with Crippen LogP contribution in [0, 0.1) is 0 Å². The van der Waals surface area contributed by atoms with E-state index in [9.17, 15) is 18.0 Å². The number of ketones is 1. The van der Waals surface area contributed by atoms with Crippen molar-refractivity contribution in [3.63, 3.8) is 0 Å². The zero-order chi connectivity index (χ0) is 17.0. The van der Waals surface area contributed by atoms with Crippen LogP contribution in [0.25, 0.3) is 0 Å². The molecular formula is C16H16N2O4S. The van der Waals surface area contributed by atoms with Gasteiger partial charge in [-0.3, -0.25) is 9.59 Å². The Morgan fingerprint density at radius 1 is 1.00 bits per heavy atom. The van der Waals surface area contributed by atoms with E-state index in [4.69, 9.17) is 5.73 Å². The number of Topliss-reactive ketones (excluding diaryl/α,β-unsaturated/α-hetero) is 1. The molecule has 0 spiro atoms. The predicted octanol–water partition coefficient (Wildman–Crippen LogP) is 1.39. The molecule has 0 saturated heterocycles. The fraction of sp³-hybridized carbons (Fsp3) is 0.125. The molecule has 0 saturated carbocycles. The second kappa shape index (κ2) is 6.72. The van der Waals surface area contributed by atoms with Crippen LogP contribution in [0.4, 0.5) is 0 Å². The van der Waals surface area contributed by atoms with Crippen molar-refractivity contribution >= 4 is 21.7 Å². The molecule has 0 aliphatic carbocycles. The molecule has 2 rings (SSSR count). The summed E-state index contributed by atoms with van der Waals surface area (Å²) in [5.74, 6) is -0.971. The van der Waals surface area contributed by atoms with Gasteiger partial charge in [-0.1, -0.05) is 42.5 Å². The zero-order valence-electron chi connectivity index (χ0n) is 12.4. The number of hydrogen-bond acceptors (Lipinski definition) is 4. The molecule has 1 amide bonds. The third-order valence-electron chi connectivity index (χ3n) is 3.26. The Morgan fingerprint density at radius 2 is 1.57 bits per heavy atom. The molecule has 3 N–H and O–H groups in total. The summed E-state index contributed by atoms with van der Waals surface area (Å²) in [7, 11) is -3.96. The lowest BCUT2D eigenvalue weighted by molar-refractivity contribution is -0.119. The minimum absolute atomic E-state index is 0.0512. The van der Waals surface area contributed by atoms with Crippen LogP contribution in [0.2, 0.25) is 0 Å². The minimum Gasteiger partial charge on any atom is -0.368 e. The van der Waals surface area contributed by atoms with E-state index < -0.39 is 22.0 Å². The Hall–Kier alpha value is -2.51. The van der Waals surface area contributed by atoms with Crippen LogP contribution >= 0.6 is 0 Å². The van der Waals surface area contributed by atoms with E-state index in [1.807, 2.05) is 0 Å². The molecule has 2 aromatic carbocycles. The van der Waals surface area contributed by atoms with Gasteiger partial charge in [0.25, 0.3) is 0 Å². The van der Waals surface area contributed by atoms with Gasteiger partial charge in [-0.2, -0.15) is 4.72 Å². The number of rotatable bonds is 6. The number of amides is 1. The number of sulfonamides is 1. The fourth-order valence-corrected chi connectivity index (χ4v) is 3.22. The highest BCUT2D eigenvalue weighted by atomic mass is 32.2. The van der Waals surface area contributed by atoms with Gasteiger partial charge >= 0.3 is 0 Å².